The summed E-state index contributed by atoms with van der Waals surface area (Å²) in [6.45, 7) is 2.80. The lowest BCUT2D eigenvalue weighted by Gasteiger charge is -2.07. The number of nitrogens with zero attached hydrogens (tertiary/aromatic N) is 2. The van der Waals surface area contributed by atoms with Crippen molar-refractivity contribution in [1.82, 2.24) is 15.1 Å². The summed E-state index contributed by atoms with van der Waals surface area (Å²) in [5.74, 6) is -1.13. The summed E-state index contributed by atoms with van der Waals surface area (Å²) in [4.78, 5) is 10.5. The van der Waals surface area contributed by atoms with E-state index in [9.17, 15) is 4.79 Å². The fourth-order valence-corrected chi connectivity index (χ4v) is 1.08. The Morgan fingerprint density at radius 3 is 3.00 bits per heavy atom. The van der Waals surface area contributed by atoms with Crippen LogP contribution in [0.4, 0.5) is 0 Å². The zero-order chi connectivity index (χ0) is 10.6. The van der Waals surface area contributed by atoms with Crippen molar-refractivity contribution < 1.29 is 9.90 Å². The average Bonchev–Trinajstić information content (AvgIpc) is 2.51. The first-order chi connectivity index (χ1) is 6.61. The van der Waals surface area contributed by atoms with E-state index in [-0.39, 0.29) is 5.92 Å². The van der Waals surface area contributed by atoms with Gasteiger partial charge >= 0.3 is 5.97 Å². The van der Waals surface area contributed by atoms with Crippen LogP contribution in [0.25, 0.3) is 0 Å². The predicted molar refractivity (Wildman–Crippen MR) is 51.7 cm³/mol. The minimum absolute atomic E-state index is 0.358. The van der Waals surface area contributed by atoms with E-state index in [1.807, 2.05) is 13.1 Å². The normalized spacial score (nSPS) is 12.7. The maximum absolute atomic E-state index is 10.5. The van der Waals surface area contributed by atoms with Gasteiger partial charge in [0, 0.05) is 26.3 Å². The number of carbonyl (C=O) groups is 1. The van der Waals surface area contributed by atoms with E-state index in [4.69, 9.17) is 5.11 Å². The van der Waals surface area contributed by atoms with E-state index in [1.54, 1.807) is 17.8 Å². The molecule has 0 saturated heterocycles. The van der Waals surface area contributed by atoms with E-state index < -0.39 is 5.97 Å². The Hall–Kier alpha value is -1.36. The maximum atomic E-state index is 10.5. The second kappa shape index (κ2) is 4.76. The first kappa shape index (κ1) is 10.7. The van der Waals surface area contributed by atoms with Crippen molar-refractivity contribution in [3.8, 4) is 0 Å². The van der Waals surface area contributed by atoms with Gasteiger partial charge in [0.25, 0.3) is 0 Å². The van der Waals surface area contributed by atoms with E-state index in [0.29, 0.717) is 13.1 Å². The second-order valence-electron chi connectivity index (χ2n) is 3.32. The lowest BCUT2D eigenvalue weighted by atomic mass is 10.2. The Kier molecular flexibility index (Phi) is 3.64. The SMILES string of the molecule is CC(CNCc1ccnn1C)C(=O)O. The zero-order valence-electron chi connectivity index (χ0n) is 8.40. The van der Waals surface area contributed by atoms with Gasteiger partial charge in [0.05, 0.1) is 11.6 Å². The Labute approximate surface area is 82.7 Å². The van der Waals surface area contributed by atoms with Gasteiger partial charge < -0.3 is 10.4 Å². The Bertz CT molecular complexity index is 309. The molecule has 1 aromatic heterocycles. The molecule has 0 aromatic carbocycles. The summed E-state index contributed by atoms with van der Waals surface area (Å²) in [5, 5.41) is 15.7. The van der Waals surface area contributed by atoms with Crippen molar-refractivity contribution in [2.45, 2.75) is 13.5 Å². The van der Waals surface area contributed by atoms with Crippen molar-refractivity contribution in [1.29, 1.82) is 0 Å². The molecule has 1 aromatic rings. The standard InChI is InChI=1S/C9H15N3O2/c1-7(9(13)14)5-10-6-8-3-4-11-12(8)2/h3-4,7,10H,5-6H2,1-2H3,(H,13,14). The van der Waals surface area contributed by atoms with Crippen LogP contribution in [0, 0.1) is 5.92 Å². The number of aromatic nitrogens is 2. The van der Waals surface area contributed by atoms with Crippen LogP contribution in [-0.4, -0.2) is 27.4 Å². The molecule has 0 amide bonds. The minimum Gasteiger partial charge on any atom is -0.481 e. The first-order valence-corrected chi connectivity index (χ1v) is 4.51. The number of carboxylic acid groups (broad SMARTS) is 1. The van der Waals surface area contributed by atoms with Crippen LogP contribution in [0.1, 0.15) is 12.6 Å². The van der Waals surface area contributed by atoms with Gasteiger partial charge in [-0.1, -0.05) is 6.92 Å². The van der Waals surface area contributed by atoms with Gasteiger partial charge in [-0.05, 0) is 6.07 Å². The van der Waals surface area contributed by atoms with Crippen LogP contribution in [0.15, 0.2) is 12.3 Å². The molecule has 0 aliphatic heterocycles. The van der Waals surface area contributed by atoms with Crippen molar-refractivity contribution in [2.24, 2.45) is 13.0 Å². The summed E-state index contributed by atoms with van der Waals surface area (Å²) in [6, 6.07) is 1.90. The first-order valence-electron chi connectivity index (χ1n) is 4.51. The molecule has 0 saturated carbocycles. The van der Waals surface area contributed by atoms with Gasteiger partial charge in [0.15, 0.2) is 0 Å². The molecule has 14 heavy (non-hydrogen) atoms. The molecule has 2 N–H and O–H groups in total. The van der Waals surface area contributed by atoms with Crippen LogP contribution in [0.5, 0.6) is 0 Å². The number of hydrogen-bond donors (Lipinski definition) is 2. The van der Waals surface area contributed by atoms with Crippen molar-refractivity contribution >= 4 is 5.97 Å². The molecule has 0 fully saturated rings. The Morgan fingerprint density at radius 2 is 2.50 bits per heavy atom. The van der Waals surface area contributed by atoms with Crippen LogP contribution in [0.2, 0.25) is 0 Å². The van der Waals surface area contributed by atoms with Gasteiger partial charge in [-0.15, -0.1) is 0 Å². The number of carboxylic acids is 1. The molecule has 78 valence electrons. The minimum atomic E-state index is -0.775. The molecule has 1 atom stereocenters. The molecule has 0 aliphatic rings. The van der Waals surface area contributed by atoms with E-state index in [2.05, 4.69) is 10.4 Å². The monoisotopic (exact) mass is 197 g/mol. The molecule has 1 unspecified atom stereocenters. The Balaban J connectivity index is 2.29. The number of hydrogen-bond acceptors (Lipinski definition) is 3. The number of aryl methyl sites for hydroxylation is 1. The summed E-state index contributed by atoms with van der Waals surface area (Å²) < 4.78 is 1.76. The highest BCUT2D eigenvalue weighted by Gasteiger charge is 2.09. The lowest BCUT2D eigenvalue weighted by molar-refractivity contribution is -0.140. The fraction of sp³-hybridized carbons (Fsp3) is 0.556. The highest BCUT2D eigenvalue weighted by molar-refractivity contribution is 5.69. The zero-order valence-corrected chi connectivity index (χ0v) is 8.40. The number of rotatable bonds is 5. The molecule has 1 heterocycles. The molecule has 0 spiro atoms. The van der Waals surface area contributed by atoms with Crippen LogP contribution >= 0.6 is 0 Å². The van der Waals surface area contributed by atoms with Gasteiger partial charge in [-0.2, -0.15) is 5.10 Å². The fourth-order valence-electron chi connectivity index (χ4n) is 1.08. The quantitative estimate of drug-likeness (QED) is 0.709. The summed E-state index contributed by atoms with van der Waals surface area (Å²) in [6.07, 6.45) is 1.72. The van der Waals surface area contributed by atoms with Crippen LogP contribution in [-0.2, 0) is 18.4 Å². The second-order valence-corrected chi connectivity index (χ2v) is 3.32. The Morgan fingerprint density at radius 1 is 1.79 bits per heavy atom. The van der Waals surface area contributed by atoms with E-state index >= 15 is 0 Å². The molecular formula is C9H15N3O2. The van der Waals surface area contributed by atoms with Gasteiger partial charge in [0.1, 0.15) is 0 Å². The van der Waals surface area contributed by atoms with Crippen LogP contribution < -0.4 is 5.32 Å². The van der Waals surface area contributed by atoms with Crippen molar-refractivity contribution in [3.05, 3.63) is 18.0 Å². The molecule has 0 radical (unpaired) electrons. The van der Waals surface area contributed by atoms with E-state index in [0.717, 1.165) is 5.69 Å². The van der Waals surface area contributed by atoms with Crippen molar-refractivity contribution in [2.75, 3.05) is 6.54 Å². The molecule has 5 nitrogen and oxygen atoms in total. The summed E-state index contributed by atoms with van der Waals surface area (Å²) in [5.41, 5.74) is 1.04. The smallest absolute Gasteiger partial charge is 0.307 e. The third-order valence-corrected chi connectivity index (χ3v) is 2.10. The topological polar surface area (TPSA) is 67.2 Å². The van der Waals surface area contributed by atoms with Crippen molar-refractivity contribution in [3.63, 3.8) is 0 Å². The molecule has 1 rings (SSSR count). The van der Waals surface area contributed by atoms with E-state index in [1.165, 1.54) is 0 Å². The lowest BCUT2D eigenvalue weighted by Crippen LogP contribution is -2.26. The number of nitrogens with one attached hydrogen (secondary N) is 1. The average molecular weight is 197 g/mol. The van der Waals surface area contributed by atoms with Gasteiger partial charge in [0.2, 0.25) is 0 Å². The van der Waals surface area contributed by atoms with Gasteiger partial charge in [-0.3, -0.25) is 9.48 Å². The third-order valence-electron chi connectivity index (χ3n) is 2.10. The maximum Gasteiger partial charge on any atom is 0.307 e. The highest BCUT2D eigenvalue weighted by atomic mass is 16.4. The third kappa shape index (κ3) is 2.85. The molecule has 5 heteroatoms. The van der Waals surface area contributed by atoms with Gasteiger partial charge in [-0.25, -0.2) is 0 Å². The van der Waals surface area contributed by atoms with Crippen LogP contribution in [0.3, 0.4) is 0 Å². The molecule has 0 bridgehead atoms. The largest absolute Gasteiger partial charge is 0.481 e. The summed E-state index contributed by atoms with van der Waals surface area (Å²) >= 11 is 0. The molecule has 0 aliphatic carbocycles. The molecular weight excluding hydrogens is 182 g/mol. The highest BCUT2D eigenvalue weighted by Crippen LogP contribution is 1.97. The summed E-state index contributed by atoms with van der Waals surface area (Å²) in [7, 11) is 1.86. The number of aliphatic carboxylic acids is 1. The predicted octanol–water partition coefficient (Wildman–Crippen LogP) is 0.230.